The molecule has 0 spiro atoms. The van der Waals surface area contributed by atoms with Crippen molar-refractivity contribution < 1.29 is 4.79 Å². The second kappa shape index (κ2) is 6.36. The van der Waals surface area contributed by atoms with Gasteiger partial charge in [-0.25, -0.2) is 9.67 Å². The van der Waals surface area contributed by atoms with Crippen molar-refractivity contribution in [2.75, 3.05) is 11.1 Å². The molecule has 1 aromatic carbocycles. The molecule has 142 valence electrons. The van der Waals surface area contributed by atoms with Gasteiger partial charge in [0.1, 0.15) is 12.7 Å². The summed E-state index contributed by atoms with van der Waals surface area (Å²) in [6.07, 6.45) is 9.98. The average Bonchev–Trinajstić information content (AvgIpc) is 3.18. The summed E-state index contributed by atoms with van der Waals surface area (Å²) in [5.41, 5.74) is 0.676. The molecule has 27 heavy (non-hydrogen) atoms. The number of carbonyl (C=O) groups excluding carboxylic acids is 1. The summed E-state index contributed by atoms with van der Waals surface area (Å²) in [7, 11) is 0. The number of para-hydroxylation sites is 1. The fraction of sp³-hybridized carbons (Fsp3) is 0.571. The number of hydrogen-bond acceptors (Lipinski definition) is 4. The second-order valence-electron chi connectivity index (χ2n) is 8.69. The van der Waals surface area contributed by atoms with Gasteiger partial charge in [-0.05, 0) is 68.2 Å². The van der Waals surface area contributed by atoms with E-state index in [4.69, 9.17) is 0 Å². The van der Waals surface area contributed by atoms with Crippen LogP contribution in [0.5, 0.6) is 0 Å². The Morgan fingerprint density at radius 2 is 2.04 bits per heavy atom. The van der Waals surface area contributed by atoms with Crippen molar-refractivity contribution in [2.24, 2.45) is 17.3 Å². The molecule has 1 aromatic heterocycles. The van der Waals surface area contributed by atoms with E-state index in [9.17, 15) is 4.79 Å². The Morgan fingerprint density at radius 1 is 1.26 bits per heavy atom. The molecule has 6 rings (SSSR count). The number of hydrogen-bond donors (Lipinski definition) is 1. The Bertz CT molecular complexity index is 836. The van der Waals surface area contributed by atoms with E-state index in [1.807, 2.05) is 24.5 Å². The van der Waals surface area contributed by atoms with Gasteiger partial charge in [0.15, 0.2) is 0 Å². The Morgan fingerprint density at radius 3 is 2.74 bits per heavy atom. The third-order valence-electron chi connectivity index (χ3n) is 6.85. The van der Waals surface area contributed by atoms with E-state index in [0.29, 0.717) is 11.8 Å². The van der Waals surface area contributed by atoms with Crippen LogP contribution < -0.4 is 5.32 Å². The van der Waals surface area contributed by atoms with Crippen LogP contribution in [0.2, 0.25) is 0 Å². The number of thioether (sulfide) groups is 1. The van der Waals surface area contributed by atoms with Gasteiger partial charge in [-0.2, -0.15) is 5.10 Å². The van der Waals surface area contributed by atoms with E-state index in [0.717, 1.165) is 48.4 Å². The summed E-state index contributed by atoms with van der Waals surface area (Å²) in [4.78, 5) is 18.9. The summed E-state index contributed by atoms with van der Waals surface area (Å²) >= 11 is 1.78. The van der Waals surface area contributed by atoms with Gasteiger partial charge >= 0.3 is 0 Å². The fourth-order valence-electron chi connectivity index (χ4n) is 6.31. The lowest BCUT2D eigenvalue weighted by molar-refractivity contribution is -0.150. The maximum Gasteiger partial charge on any atom is 0.230 e. The quantitative estimate of drug-likeness (QED) is 0.782. The van der Waals surface area contributed by atoms with E-state index >= 15 is 0 Å². The fourth-order valence-corrected chi connectivity index (χ4v) is 7.07. The predicted octanol–water partition coefficient (Wildman–Crippen LogP) is 4.32. The van der Waals surface area contributed by atoms with Crippen molar-refractivity contribution in [1.29, 1.82) is 0 Å². The highest BCUT2D eigenvalue weighted by Crippen LogP contribution is 2.64. The first-order chi connectivity index (χ1) is 13.1. The maximum absolute atomic E-state index is 13.6. The highest BCUT2D eigenvalue weighted by Gasteiger charge is 2.61. The molecule has 4 saturated carbocycles. The van der Waals surface area contributed by atoms with Crippen molar-refractivity contribution in [2.45, 2.75) is 55.9 Å². The highest BCUT2D eigenvalue weighted by atomic mass is 32.2. The zero-order valence-corrected chi connectivity index (χ0v) is 16.5. The lowest BCUT2D eigenvalue weighted by atomic mass is 9.46. The standard InChI is InChI=1S/C21H26N4OS/c1-2-27-18-6-4-3-5-17(18)24-19(26)20-8-15-7-16(9-20)11-21(10-15,12-20)25-14-22-13-23-25/h3-6,13-16H,2,7-12H2,1H3,(H,24,26). The van der Waals surface area contributed by atoms with E-state index < -0.39 is 0 Å². The molecule has 4 aliphatic carbocycles. The molecule has 0 saturated heterocycles. The van der Waals surface area contributed by atoms with E-state index in [1.54, 1.807) is 18.1 Å². The summed E-state index contributed by atoms with van der Waals surface area (Å²) in [5, 5.41) is 7.80. The molecule has 2 atom stereocenters. The van der Waals surface area contributed by atoms with Crippen LogP contribution in [0.15, 0.2) is 41.8 Å². The minimum atomic E-state index is -0.264. The normalized spacial score (nSPS) is 34.0. The van der Waals surface area contributed by atoms with Gasteiger partial charge in [0, 0.05) is 4.90 Å². The lowest BCUT2D eigenvalue weighted by Crippen LogP contribution is -2.60. The number of anilines is 1. The molecule has 0 radical (unpaired) electrons. The largest absolute Gasteiger partial charge is 0.325 e. The zero-order valence-electron chi connectivity index (χ0n) is 15.7. The van der Waals surface area contributed by atoms with Gasteiger partial charge in [0.2, 0.25) is 5.91 Å². The molecular weight excluding hydrogens is 356 g/mol. The van der Waals surface area contributed by atoms with E-state index in [1.165, 1.54) is 6.42 Å². The monoisotopic (exact) mass is 382 g/mol. The van der Waals surface area contributed by atoms with Crippen LogP contribution in [0.25, 0.3) is 0 Å². The Labute approximate surface area is 164 Å². The van der Waals surface area contributed by atoms with Crippen LogP contribution in [0.3, 0.4) is 0 Å². The number of amides is 1. The number of rotatable bonds is 5. The van der Waals surface area contributed by atoms with Crippen LogP contribution in [0.4, 0.5) is 5.69 Å². The summed E-state index contributed by atoms with van der Waals surface area (Å²) < 4.78 is 2.06. The SMILES string of the molecule is CCSc1ccccc1NC(=O)C12CC3CC(C1)CC(n1cncn1)(C3)C2. The first kappa shape index (κ1) is 17.3. The summed E-state index contributed by atoms with van der Waals surface area (Å²) in [6, 6.07) is 8.17. The van der Waals surface area contributed by atoms with Crippen molar-refractivity contribution in [3.8, 4) is 0 Å². The van der Waals surface area contributed by atoms with Crippen molar-refractivity contribution in [3.05, 3.63) is 36.9 Å². The Hall–Kier alpha value is -1.82. The molecule has 4 fully saturated rings. The molecule has 2 unspecified atom stereocenters. The minimum Gasteiger partial charge on any atom is -0.325 e. The Kier molecular flexibility index (Phi) is 4.08. The topological polar surface area (TPSA) is 59.8 Å². The van der Waals surface area contributed by atoms with Crippen molar-refractivity contribution >= 4 is 23.4 Å². The molecule has 6 heteroatoms. The average molecular weight is 383 g/mol. The van der Waals surface area contributed by atoms with Crippen LogP contribution in [0, 0.1) is 17.3 Å². The lowest BCUT2D eigenvalue weighted by Gasteiger charge is -2.60. The number of carbonyl (C=O) groups is 1. The van der Waals surface area contributed by atoms with Gasteiger partial charge in [-0.1, -0.05) is 19.1 Å². The van der Waals surface area contributed by atoms with E-state index in [-0.39, 0.29) is 16.9 Å². The molecule has 0 aliphatic heterocycles. The first-order valence-electron chi connectivity index (χ1n) is 10.0. The smallest absolute Gasteiger partial charge is 0.230 e. The van der Waals surface area contributed by atoms with Crippen molar-refractivity contribution in [3.63, 3.8) is 0 Å². The second-order valence-corrected chi connectivity index (χ2v) is 9.99. The Balaban J connectivity index is 1.45. The van der Waals surface area contributed by atoms with Crippen LogP contribution in [0.1, 0.15) is 45.4 Å². The first-order valence-corrected chi connectivity index (χ1v) is 11.0. The number of nitrogens with one attached hydrogen (secondary N) is 1. The van der Waals surface area contributed by atoms with Gasteiger partial charge in [-0.3, -0.25) is 4.79 Å². The zero-order chi connectivity index (χ0) is 18.5. The van der Waals surface area contributed by atoms with Crippen LogP contribution >= 0.6 is 11.8 Å². The molecule has 4 bridgehead atoms. The summed E-state index contributed by atoms with van der Waals surface area (Å²) in [5.74, 6) is 2.46. The number of nitrogens with zero attached hydrogens (tertiary/aromatic N) is 3. The number of aromatic nitrogens is 3. The molecule has 4 aliphatic rings. The number of benzene rings is 1. The van der Waals surface area contributed by atoms with Gasteiger partial charge < -0.3 is 5.32 Å². The summed E-state index contributed by atoms with van der Waals surface area (Å²) in [6.45, 7) is 2.14. The van der Waals surface area contributed by atoms with Crippen molar-refractivity contribution in [1.82, 2.24) is 14.8 Å². The molecule has 1 amide bonds. The van der Waals surface area contributed by atoms with Crippen LogP contribution in [-0.4, -0.2) is 26.4 Å². The van der Waals surface area contributed by atoms with E-state index in [2.05, 4.69) is 33.1 Å². The van der Waals surface area contributed by atoms with Gasteiger partial charge in [-0.15, -0.1) is 11.8 Å². The molecule has 2 aromatic rings. The third kappa shape index (κ3) is 2.80. The molecule has 1 heterocycles. The third-order valence-corrected chi connectivity index (χ3v) is 7.81. The van der Waals surface area contributed by atoms with Gasteiger partial charge in [0.05, 0.1) is 16.6 Å². The van der Waals surface area contributed by atoms with Gasteiger partial charge in [0.25, 0.3) is 0 Å². The predicted molar refractivity (Wildman–Crippen MR) is 107 cm³/mol. The molecular formula is C21H26N4OS. The minimum absolute atomic E-state index is 0.0182. The van der Waals surface area contributed by atoms with Crippen LogP contribution in [-0.2, 0) is 10.3 Å². The maximum atomic E-state index is 13.6. The molecule has 5 nitrogen and oxygen atoms in total. The molecule has 1 N–H and O–H groups in total. The highest BCUT2D eigenvalue weighted by molar-refractivity contribution is 7.99.